The van der Waals surface area contributed by atoms with Crippen molar-refractivity contribution in [3.63, 3.8) is 0 Å². The highest BCUT2D eigenvalue weighted by atomic mass is 32.1. The second-order valence-corrected chi connectivity index (χ2v) is 8.10. The van der Waals surface area contributed by atoms with E-state index in [4.69, 9.17) is 0 Å². The second-order valence-electron chi connectivity index (χ2n) is 7.19. The summed E-state index contributed by atoms with van der Waals surface area (Å²) in [4.78, 5) is 18.7. The predicted molar refractivity (Wildman–Crippen MR) is 108 cm³/mol. The van der Waals surface area contributed by atoms with Crippen molar-refractivity contribution >= 4 is 33.1 Å². The minimum Gasteiger partial charge on any atom is -0.366 e. The van der Waals surface area contributed by atoms with Crippen LogP contribution >= 0.6 is 11.3 Å². The van der Waals surface area contributed by atoms with Crippen LogP contribution in [0, 0.1) is 16.7 Å². The summed E-state index contributed by atoms with van der Waals surface area (Å²) in [5.74, 6) is 0.682. The van der Waals surface area contributed by atoms with Crippen LogP contribution in [0.25, 0.3) is 10.1 Å². The van der Waals surface area contributed by atoms with E-state index in [1.807, 2.05) is 25.1 Å². The Morgan fingerprint density at radius 3 is 2.96 bits per heavy atom. The van der Waals surface area contributed by atoms with E-state index in [2.05, 4.69) is 33.9 Å². The van der Waals surface area contributed by atoms with Gasteiger partial charge in [0.2, 0.25) is 0 Å². The summed E-state index contributed by atoms with van der Waals surface area (Å²) in [6, 6.07) is 14.3. The normalized spacial score (nSPS) is 19.2. The van der Waals surface area contributed by atoms with Crippen molar-refractivity contribution in [3.8, 4) is 6.07 Å². The fourth-order valence-corrected chi connectivity index (χ4v) is 4.35. The Morgan fingerprint density at radius 2 is 2.22 bits per heavy atom. The van der Waals surface area contributed by atoms with Crippen molar-refractivity contribution in [2.75, 3.05) is 18.4 Å². The molecule has 0 aliphatic carbocycles. The number of thiophene rings is 1. The zero-order chi connectivity index (χ0) is 18.9. The first-order valence-electron chi connectivity index (χ1n) is 8.94. The number of anilines is 1. The zero-order valence-electron chi connectivity index (χ0n) is 15.1. The number of nitrogens with one attached hydrogen (secondary N) is 1. The molecular formula is C21H20N4OS. The van der Waals surface area contributed by atoms with Gasteiger partial charge in [0.25, 0.3) is 5.91 Å². The largest absolute Gasteiger partial charge is 0.366 e. The van der Waals surface area contributed by atoms with Gasteiger partial charge in [-0.25, -0.2) is 4.98 Å². The van der Waals surface area contributed by atoms with Gasteiger partial charge in [0.15, 0.2) is 0 Å². The SMILES string of the molecule is CC1(C#N)CCN(C(=O)c2ccc(NCc3csc4ccccc34)nc2)C1. The maximum atomic E-state index is 12.6. The molecule has 0 spiro atoms. The summed E-state index contributed by atoms with van der Waals surface area (Å²) in [5, 5.41) is 16.0. The van der Waals surface area contributed by atoms with Gasteiger partial charge in [0, 0.05) is 30.5 Å². The third-order valence-corrected chi connectivity index (χ3v) is 6.07. The molecular weight excluding hydrogens is 356 g/mol. The number of nitriles is 1. The smallest absolute Gasteiger partial charge is 0.255 e. The van der Waals surface area contributed by atoms with Gasteiger partial charge in [-0.3, -0.25) is 4.79 Å². The van der Waals surface area contributed by atoms with Crippen molar-refractivity contribution in [3.05, 3.63) is 59.1 Å². The molecule has 1 aromatic carbocycles. The molecule has 3 aromatic rings. The lowest BCUT2D eigenvalue weighted by molar-refractivity contribution is 0.0782. The maximum Gasteiger partial charge on any atom is 0.255 e. The number of benzene rings is 1. The molecule has 4 rings (SSSR count). The molecule has 0 radical (unpaired) electrons. The van der Waals surface area contributed by atoms with E-state index < -0.39 is 5.41 Å². The predicted octanol–water partition coefficient (Wildman–Crippen LogP) is 4.28. The van der Waals surface area contributed by atoms with Crippen LogP contribution in [0.15, 0.2) is 48.0 Å². The molecule has 27 heavy (non-hydrogen) atoms. The van der Waals surface area contributed by atoms with Crippen LogP contribution in [0.1, 0.15) is 29.3 Å². The van der Waals surface area contributed by atoms with Gasteiger partial charge in [-0.1, -0.05) is 18.2 Å². The minimum atomic E-state index is -0.437. The molecule has 5 nitrogen and oxygen atoms in total. The Bertz CT molecular complexity index is 1020. The molecule has 136 valence electrons. The number of aromatic nitrogens is 1. The third-order valence-electron chi connectivity index (χ3n) is 5.06. The molecule has 1 unspecified atom stereocenters. The Hall–Kier alpha value is -2.91. The molecule has 6 heteroatoms. The van der Waals surface area contributed by atoms with Crippen LogP contribution in [0.2, 0.25) is 0 Å². The Balaban J connectivity index is 1.40. The van der Waals surface area contributed by atoms with E-state index in [-0.39, 0.29) is 5.91 Å². The van der Waals surface area contributed by atoms with Crippen LogP contribution in [-0.4, -0.2) is 28.9 Å². The fourth-order valence-electron chi connectivity index (χ4n) is 3.39. The maximum absolute atomic E-state index is 12.6. The van der Waals surface area contributed by atoms with Crippen LogP contribution in [0.4, 0.5) is 5.82 Å². The molecule has 1 amide bonds. The average molecular weight is 376 g/mol. The number of hydrogen-bond acceptors (Lipinski definition) is 5. The molecule has 1 aliphatic rings. The number of carbonyl (C=O) groups is 1. The van der Waals surface area contributed by atoms with Gasteiger partial charge in [-0.2, -0.15) is 5.26 Å². The highest BCUT2D eigenvalue weighted by Crippen LogP contribution is 2.30. The van der Waals surface area contributed by atoms with E-state index in [1.54, 1.807) is 28.5 Å². The van der Waals surface area contributed by atoms with Crippen molar-refractivity contribution in [1.29, 1.82) is 5.26 Å². The quantitative estimate of drug-likeness (QED) is 0.738. The summed E-state index contributed by atoms with van der Waals surface area (Å²) >= 11 is 1.74. The van der Waals surface area contributed by atoms with Crippen molar-refractivity contribution in [2.45, 2.75) is 19.9 Å². The number of nitrogens with zero attached hydrogens (tertiary/aromatic N) is 3. The lowest BCUT2D eigenvalue weighted by Gasteiger charge is -2.18. The van der Waals surface area contributed by atoms with Gasteiger partial charge in [0.05, 0.1) is 17.0 Å². The molecule has 1 saturated heterocycles. The number of rotatable bonds is 4. The monoisotopic (exact) mass is 376 g/mol. The Morgan fingerprint density at radius 1 is 1.37 bits per heavy atom. The molecule has 3 heterocycles. The number of amides is 1. The molecule has 0 saturated carbocycles. The van der Waals surface area contributed by atoms with Crippen LogP contribution in [0.5, 0.6) is 0 Å². The number of hydrogen-bond donors (Lipinski definition) is 1. The zero-order valence-corrected chi connectivity index (χ0v) is 15.9. The topological polar surface area (TPSA) is 69.0 Å². The summed E-state index contributed by atoms with van der Waals surface area (Å²) in [6.45, 7) is 3.69. The van der Waals surface area contributed by atoms with E-state index in [9.17, 15) is 10.1 Å². The van der Waals surface area contributed by atoms with Crippen molar-refractivity contribution in [1.82, 2.24) is 9.88 Å². The molecule has 1 aliphatic heterocycles. The van der Waals surface area contributed by atoms with Gasteiger partial charge >= 0.3 is 0 Å². The summed E-state index contributed by atoms with van der Waals surface area (Å²) in [5.41, 5.74) is 1.36. The van der Waals surface area contributed by atoms with E-state index in [0.717, 1.165) is 12.2 Å². The van der Waals surface area contributed by atoms with E-state index in [0.29, 0.717) is 25.2 Å². The van der Waals surface area contributed by atoms with Crippen LogP contribution in [0.3, 0.4) is 0 Å². The second kappa shape index (κ2) is 7.01. The van der Waals surface area contributed by atoms with Crippen LogP contribution < -0.4 is 5.32 Å². The van der Waals surface area contributed by atoms with Gasteiger partial charge in [-0.15, -0.1) is 11.3 Å². The standard InChI is InChI=1S/C21H20N4OS/c1-21(13-22)8-9-25(14-21)20(26)15-6-7-19(23-10-15)24-11-16-12-27-18-5-3-2-4-17(16)18/h2-7,10,12H,8-9,11,14H2,1H3,(H,23,24). The molecule has 2 aromatic heterocycles. The lowest BCUT2D eigenvalue weighted by atomic mass is 9.92. The third kappa shape index (κ3) is 3.51. The summed E-state index contributed by atoms with van der Waals surface area (Å²) in [6.07, 6.45) is 2.33. The first-order chi connectivity index (χ1) is 13.1. The van der Waals surface area contributed by atoms with Gasteiger partial charge < -0.3 is 10.2 Å². The summed E-state index contributed by atoms with van der Waals surface area (Å²) < 4.78 is 1.28. The summed E-state index contributed by atoms with van der Waals surface area (Å²) in [7, 11) is 0. The Kier molecular flexibility index (Phi) is 4.54. The fraction of sp³-hybridized carbons (Fsp3) is 0.286. The van der Waals surface area contributed by atoms with Gasteiger partial charge in [-0.05, 0) is 47.9 Å². The molecule has 1 fully saturated rings. The molecule has 1 atom stereocenters. The van der Waals surface area contributed by atoms with Crippen molar-refractivity contribution in [2.24, 2.45) is 5.41 Å². The van der Waals surface area contributed by atoms with Gasteiger partial charge in [0.1, 0.15) is 5.82 Å². The first kappa shape index (κ1) is 17.5. The lowest BCUT2D eigenvalue weighted by Crippen LogP contribution is -2.30. The highest BCUT2D eigenvalue weighted by Gasteiger charge is 2.36. The number of likely N-dealkylation sites (tertiary alicyclic amines) is 1. The number of carbonyl (C=O) groups excluding carboxylic acids is 1. The van der Waals surface area contributed by atoms with Crippen molar-refractivity contribution < 1.29 is 4.79 Å². The number of fused-ring (bicyclic) bond motifs is 1. The minimum absolute atomic E-state index is 0.0585. The Labute approximate surface area is 162 Å². The van der Waals surface area contributed by atoms with Crippen LogP contribution in [-0.2, 0) is 6.54 Å². The van der Waals surface area contributed by atoms with E-state index in [1.165, 1.54) is 15.6 Å². The molecule has 0 bridgehead atoms. The number of pyridine rings is 1. The molecule has 1 N–H and O–H groups in total. The first-order valence-corrected chi connectivity index (χ1v) is 9.81. The highest BCUT2D eigenvalue weighted by molar-refractivity contribution is 7.17. The average Bonchev–Trinajstić information content (AvgIpc) is 3.31. The van der Waals surface area contributed by atoms with E-state index >= 15 is 0 Å².